The van der Waals surface area contributed by atoms with Crippen LogP contribution in [0.25, 0.3) is 0 Å². The summed E-state index contributed by atoms with van der Waals surface area (Å²) in [7, 11) is 1.35. The summed E-state index contributed by atoms with van der Waals surface area (Å²) in [6, 6.07) is -0.463. The third kappa shape index (κ3) is 9.77. The molecular formula is C9H22ClNO3. The molecule has 0 spiro atoms. The first-order valence-electron chi connectivity index (χ1n) is 4.49. The van der Waals surface area contributed by atoms with Crippen molar-refractivity contribution in [3.63, 3.8) is 0 Å². The standard InChI is InChI=1S/C7H15NO2.C2H6O.ClH/c1-4-5(2)6(8)7(9)10-3;1-2-3;/h5-6H,4,8H2,1-3H3;3H,2H2,1H3;1H. The molecule has 0 aliphatic heterocycles. The molecule has 3 N–H and O–H groups in total. The molecule has 0 amide bonds. The van der Waals surface area contributed by atoms with Crippen LogP contribution in [0.15, 0.2) is 0 Å². The molecule has 88 valence electrons. The van der Waals surface area contributed by atoms with Crippen molar-refractivity contribution in [3.05, 3.63) is 0 Å². The second kappa shape index (κ2) is 12.7. The maximum absolute atomic E-state index is 10.8. The van der Waals surface area contributed by atoms with E-state index in [2.05, 4.69) is 4.74 Å². The van der Waals surface area contributed by atoms with Gasteiger partial charge in [0.05, 0.1) is 7.11 Å². The van der Waals surface area contributed by atoms with Crippen molar-refractivity contribution >= 4 is 18.4 Å². The van der Waals surface area contributed by atoms with Gasteiger partial charge in [0.15, 0.2) is 0 Å². The van der Waals surface area contributed by atoms with E-state index in [1.807, 2.05) is 13.8 Å². The fraction of sp³-hybridized carbons (Fsp3) is 0.889. The SMILES string of the molecule is CCC(C)C(N)C(=O)OC.CCO.Cl. The second-order valence-electron chi connectivity index (χ2n) is 2.75. The fourth-order valence-electron chi connectivity index (χ4n) is 0.622. The van der Waals surface area contributed by atoms with Crippen LogP contribution in [-0.4, -0.2) is 30.8 Å². The highest BCUT2D eigenvalue weighted by Gasteiger charge is 2.19. The number of nitrogens with two attached hydrogens (primary N) is 1. The van der Waals surface area contributed by atoms with E-state index in [0.29, 0.717) is 0 Å². The second-order valence-corrected chi connectivity index (χ2v) is 2.75. The van der Waals surface area contributed by atoms with E-state index in [9.17, 15) is 4.79 Å². The number of rotatable bonds is 3. The average molecular weight is 228 g/mol. The average Bonchev–Trinajstić information content (AvgIpc) is 2.15. The minimum Gasteiger partial charge on any atom is -0.468 e. The van der Waals surface area contributed by atoms with Gasteiger partial charge in [-0.05, 0) is 12.8 Å². The van der Waals surface area contributed by atoms with Crippen LogP contribution < -0.4 is 5.73 Å². The Kier molecular flexibility index (Phi) is 17.5. The molecule has 4 nitrogen and oxygen atoms in total. The molecule has 0 aliphatic carbocycles. The molecule has 2 unspecified atom stereocenters. The predicted octanol–water partition coefficient (Wildman–Crippen LogP) is 0.953. The van der Waals surface area contributed by atoms with E-state index < -0.39 is 6.04 Å². The summed E-state index contributed by atoms with van der Waals surface area (Å²) in [4.78, 5) is 10.8. The van der Waals surface area contributed by atoms with Gasteiger partial charge in [-0.1, -0.05) is 20.3 Å². The molecule has 0 aromatic carbocycles. The number of esters is 1. The highest BCUT2D eigenvalue weighted by molar-refractivity contribution is 5.85. The van der Waals surface area contributed by atoms with Gasteiger partial charge in [0, 0.05) is 6.61 Å². The monoisotopic (exact) mass is 227 g/mol. The Morgan fingerprint density at radius 3 is 2.07 bits per heavy atom. The van der Waals surface area contributed by atoms with Crippen LogP contribution in [0.2, 0.25) is 0 Å². The lowest BCUT2D eigenvalue weighted by Crippen LogP contribution is -2.37. The molecular weight excluding hydrogens is 206 g/mol. The summed E-state index contributed by atoms with van der Waals surface area (Å²) in [6.45, 7) is 5.86. The smallest absolute Gasteiger partial charge is 0.322 e. The quantitative estimate of drug-likeness (QED) is 0.705. The fourth-order valence-corrected chi connectivity index (χ4v) is 0.622. The minimum absolute atomic E-state index is 0. The molecule has 5 heteroatoms. The van der Waals surface area contributed by atoms with Gasteiger partial charge < -0.3 is 15.6 Å². The Bertz CT molecular complexity index is 133. The number of ether oxygens (including phenoxy) is 1. The van der Waals surface area contributed by atoms with Crippen LogP contribution >= 0.6 is 12.4 Å². The van der Waals surface area contributed by atoms with Crippen LogP contribution in [0.5, 0.6) is 0 Å². The predicted molar refractivity (Wildman–Crippen MR) is 59.5 cm³/mol. The number of carbonyl (C=O) groups excluding carboxylic acids is 1. The van der Waals surface area contributed by atoms with Crippen LogP contribution in [0, 0.1) is 5.92 Å². The van der Waals surface area contributed by atoms with Gasteiger partial charge in [0.2, 0.25) is 0 Å². The topological polar surface area (TPSA) is 72.6 Å². The zero-order chi connectivity index (χ0) is 10.9. The molecule has 0 rings (SSSR count). The number of hydrogen-bond donors (Lipinski definition) is 2. The van der Waals surface area contributed by atoms with Crippen molar-refractivity contribution in [2.75, 3.05) is 13.7 Å². The van der Waals surface area contributed by atoms with Crippen molar-refractivity contribution < 1.29 is 14.6 Å². The minimum atomic E-state index is -0.463. The van der Waals surface area contributed by atoms with Crippen molar-refractivity contribution in [3.8, 4) is 0 Å². The van der Waals surface area contributed by atoms with E-state index in [1.165, 1.54) is 7.11 Å². The highest BCUT2D eigenvalue weighted by Crippen LogP contribution is 2.05. The van der Waals surface area contributed by atoms with E-state index >= 15 is 0 Å². The zero-order valence-corrected chi connectivity index (χ0v) is 10.1. The maximum Gasteiger partial charge on any atom is 0.322 e. The molecule has 0 saturated heterocycles. The molecule has 14 heavy (non-hydrogen) atoms. The van der Waals surface area contributed by atoms with E-state index in [1.54, 1.807) is 6.92 Å². The third-order valence-electron chi connectivity index (χ3n) is 1.73. The summed E-state index contributed by atoms with van der Waals surface area (Å²) in [5.41, 5.74) is 5.51. The van der Waals surface area contributed by atoms with Crippen molar-refractivity contribution in [1.29, 1.82) is 0 Å². The molecule has 0 fully saturated rings. The summed E-state index contributed by atoms with van der Waals surface area (Å²) in [6.07, 6.45) is 0.899. The van der Waals surface area contributed by atoms with E-state index in [0.717, 1.165) is 6.42 Å². The van der Waals surface area contributed by atoms with Gasteiger partial charge in [-0.2, -0.15) is 0 Å². The van der Waals surface area contributed by atoms with Gasteiger partial charge in [0.1, 0.15) is 6.04 Å². The van der Waals surface area contributed by atoms with Crippen LogP contribution in [0.1, 0.15) is 27.2 Å². The van der Waals surface area contributed by atoms with E-state index in [4.69, 9.17) is 10.8 Å². The van der Waals surface area contributed by atoms with Crippen molar-refractivity contribution in [2.45, 2.75) is 33.2 Å². The van der Waals surface area contributed by atoms with Gasteiger partial charge in [0.25, 0.3) is 0 Å². The lowest BCUT2D eigenvalue weighted by atomic mass is 10.0. The Morgan fingerprint density at radius 1 is 1.50 bits per heavy atom. The van der Waals surface area contributed by atoms with Crippen molar-refractivity contribution in [1.82, 2.24) is 0 Å². The molecule has 2 atom stereocenters. The maximum atomic E-state index is 10.8. The lowest BCUT2D eigenvalue weighted by molar-refractivity contribution is -0.143. The van der Waals surface area contributed by atoms with Crippen LogP contribution in [-0.2, 0) is 9.53 Å². The first kappa shape index (κ1) is 19.3. The molecule has 0 aliphatic rings. The number of hydrogen-bond acceptors (Lipinski definition) is 4. The van der Waals surface area contributed by atoms with E-state index in [-0.39, 0.29) is 30.9 Å². The normalized spacial score (nSPS) is 12.7. The number of carbonyl (C=O) groups is 1. The summed E-state index contributed by atoms with van der Waals surface area (Å²) >= 11 is 0. The lowest BCUT2D eigenvalue weighted by Gasteiger charge is -2.14. The molecule has 0 heterocycles. The van der Waals surface area contributed by atoms with Crippen molar-refractivity contribution in [2.24, 2.45) is 11.7 Å². The first-order valence-corrected chi connectivity index (χ1v) is 4.49. The molecule has 0 aromatic heterocycles. The van der Waals surface area contributed by atoms with Crippen LogP contribution in [0.4, 0.5) is 0 Å². The Morgan fingerprint density at radius 2 is 1.86 bits per heavy atom. The highest BCUT2D eigenvalue weighted by atomic mass is 35.5. The number of aliphatic hydroxyl groups is 1. The van der Waals surface area contributed by atoms with Gasteiger partial charge in [-0.15, -0.1) is 12.4 Å². The summed E-state index contributed by atoms with van der Waals surface area (Å²) in [5.74, 6) is -0.123. The van der Waals surface area contributed by atoms with Gasteiger partial charge in [-0.25, -0.2) is 0 Å². The number of halogens is 1. The third-order valence-corrected chi connectivity index (χ3v) is 1.73. The summed E-state index contributed by atoms with van der Waals surface area (Å²) < 4.78 is 4.47. The summed E-state index contributed by atoms with van der Waals surface area (Å²) in [5, 5.41) is 7.57. The number of aliphatic hydroxyl groups excluding tert-OH is 1. The Hall–Kier alpha value is -0.320. The van der Waals surface area contributed by atoms with Gasteiger partial charge in [-0.3, -0.25) is 4.79 Å². The largest absolute Gasteiger partial charge is 0.468 e. The number of methoxy groups -OCH3 is 1. The first-order chi connectivity index (χ1) is 6.04. The molecule has 0 radical (unpaired) electrons. The Balaban J connectivity index is -0.000000267. The molecule has 0 aromatic rings. The zero-order valence-electron chi connectivity index (χ0n) is 9.32. The van der Waals surface area contributed by atoms with Gasteiger partial charge >= 0.3 is 5.97 Å². The Labute approximate surface area is 92.2 Å². The molecule has 0 bridgehead atoms. The molecule has 0 saturated carbocycles. The van der Waals surface area contributed by atoms with Crippen LogP contribution in [0.3, 0.4) is 0 Å².